The van der Waals surface area contributed by atoms with Gasteiger partial charge in [-0.1, -0.05) is 12.6 Å². The van der Waals surface area contributed by atoms with Crippen LogP contribution < -0.4 is 10.0 Å². The van der Waals surface area contributed by atoms with E-state index < -0.39 is 10.0 Å². The molecule has 1 amide bonds. The second-order valence-electron chi connectivity index (χ2n) is 4.61. The van der Waals surface area contributed by atoms with Crippen LogP contribution in [0.1, 0.15) is 6.92 Å². The van der Waals surface area contributed by atoms with Crippen molar-refractivity contribution < 1.29 is 13.2 Å². The van der Waals surface area contributed by atoms with Gasteiger partial charge in [-0.15, -0.1) is 0 Å². The van der Waals surface area contributed by atoms with Gasteiger partial charge in [-0.25, -0.2) is 8.42 Å². The summed E-state index contributed by atoms with van der Waals surface area (Å²) < 4.78 is 26.8. The van der Waals surface area contributed by atoms with E-state index in [-0.39, 0.29) is 10.8 Å². The Bertz CT molecular complexity index is 802. The molecule has 114 valence electrons. The fourth-order valence-electron chi connectivity index (χ4n) is 1.62. The minimum Gasteiger partial charge on any atom is -0.322 e. The predicted octanol–water partition coefficient (Wildman–Crippen LogP) is 2.40. The summed E-state index contributed by atoms with van der Waals surface area (Å²) in [4.78, 5) is 15.4. The third-order valence-corrected chi connectivity index (χ3v) is 4.07. The lowest BCUT2D eigenvalue weighted by Crippen LogP contribution is -2.14. The summed E-state index contributed by atoms with van der Waals surface area (Å²) >= 11 is 0. The highest BCUT2D eigenvalue weighted by molar-refractivity contribution is 7.92. The first-order valence-corrected chi connectivity index (χ1v) is 7.86. The molecule has 0 saturated heterocycles. The molecule has 0 unspecified atom stereocenters. The number of pyridine rings is 1. The van der Waals surface area contributed by atoms with Crippen LogP contribution in [0.3, 0.4) is 0 Å². The zero-order valence-electron chi connectivity index (χ0n) is 11.9. The monoisotopic (exact) mass is 317 g/mol. The summed E-state index contributed by atoms with van der Waals surface area (Å²) in [6.07, 6.45) is 2.75. The smallest absolute Gasteiger partial charge is 0.263 e. The van der Waals surface area contributed by atoms with Gasteiger partial charge in [0.2, 0.25) is 0 Å². The fraction of sp³-hybridized carbons (Fsp3) is 0.0667. The summed E-state index contributed by atoms with van der Waals surface area (Å²) in [7, 11) is -3.72. The highest BCUT2D eigenvalue weighted by Crippen LogP contribution is 2.19. The van der Waals surface area contributed by atoms with Gasteiger partial charge < -0.3 is 5.32 Å². The zero-order valence-corrected chi connectivity index (χ0v) is 12.7. The molecule has 1 aromatic heterocycles. The maximum absolute atomic E-state index is 12.2. The quantitative estimate of drug-likeness (QED) is 0.829. The molecule has 7 heteroatoms. The van der Waals surface area contributed by atoms with Crippen molar-refractivity contribution in [2.75, 3.05) is 10.0 Å². The molecule has 1 aromatic carbocycles. The molecule has 0 radical (unpaired) electrons. The number of benzene rings is 1. The molecule has 0 saturated carbocycles. The highest BCUT2D eigenvalue weighted by Gasteiger charge is 2.14. The van der Waals surface area contributed by atoms with Crippen LogP contribution in [0, 0.1) is 0 Å². The SMILES string of the molecule is C=C(C)C(=O)Nc1cccc(NS(=O)(=O)c2cccnc2)c1. The number of amides is 1. The van der Waals surface area contributed by atoms with Gasteiger partial charge in [0.25, 0.3) is 15.9 Å². The number of hydrogen-bond donors (Lipinski definition) is 2. The molecule has 0 fully saturated rings. The first kappa shape index (κ1) is 15.7. The van der Waals surface area contributed by atoms with Crippen molar-refractivity contribution in [1.29, 1.82) is 0 Å². The van der Waals surface area contributed by atoms with Crippen LogP contribution >= 0.6 is 0 Å². The molecular weight excluding hydrogens is 302 g/mol. The van der Waals surface area contributed by atoms with Crippen molar-refractivity contribution in [2.45, 2.75) is 11.8 Å². The van der Waals surface area contributed by atoms with Crippen LogP contribution in [-0.2, 0) is 14.8 Å². The maximum atomic E-state index is 12.2. The molecule has 0 aliphatic rings. The minimum absolute atomic E-state index is 0.0615. The lowest BCUT2D eigenvalue weighted by Gasteiger charge is -2.10. The number of carbonyl (C=O) groups excluding carboxylic acids is 1. The highest BCUT2D eigenvalue weighted by atomic mass is 32.2. The van der Waals surface area contributed by atoms with Crippen LogP contribution in [0.15, 0.2) is 65.8 Å². The number of nitrogens with one attached hydrogen (secondary N) is 2. The van der Waals surface area contributed by atoms with Gasteiger partial charge in [-0.3, -0.25) is 14.5 Å². The van der Waals surface area contributed by atoms with Gasteiger partial charge in [0.1, 0.15) is 4.90 Å². The number of anilines is 2. The average Bonchev–Trinajstić information content (AvgIpc) is 2.48. The Morgan fingerprint density at radius 2 is 1.91 bits per heavy atom. The van der Waals surface area contributed by atoms with Gasteiger partial charge in [-0.2, -0.15) is 0 Å². The summed E-state index contributed by atoms with van der Waals surface area (Å²) in [5.41, 5.74) is 1.17. The Hall–Kier alpha value is -2.67. The number of sulfonamides is 1. The number of aromatic nitrogens is 1. The zero-order chi connectivity index (χ0) is 16.2. The van der Waals surface area contributed by atoms with E-state index in [4.69, 9.17) is 0 Å². The molecule has 2 rings (SSSR count). The van der Waals surface area contributed by atoms with E-state index in [1.165, 1.54) is 30.6 Å². The Labute approximate surface area is 129 Å². The molecule has 2 N–H and O–H groups in total. The van der Waals surface area contributed by atoms with Crippen LogP contribution in [0.5, 0.6) is 0 Å². The third-order valence-electron chi connectivity index (χ3n) is 2.70. The third kappa shape index (κ3) is 3.92. The molecule has 6 nitrogen and oxygen atoms in total. The molecule has 0 spiro atoms. The van der Waals surface area contributed by atoms with Crippen LogP contribution in [0.25, 0.3) is 0 Å². The Morgan fingerprint density at radius 3 is 2.55 bits per heavy atom. The van der Waals surface area contributed by atoms with Crippen LogP contribution in [0.4, 0.5) is 11.4 Å². The van der Waals surface area contributed by atoms with E-state index in [9.17, 15) is 13.2 Å². The molecule has 0 bridgehead atoms. The number of rotatable bonds is 5. The van der Waals surface area contributed by atoms with Crippen LogP contribution in [0.2, 0.25) is 0 Å². The van der Waals surface area contributed by atoms with Crippen LogP contribution in [-0.4, -0.2) is 19.3 Å². The topological polar surface area (TPSA) is 88.2 Å². The van der Waals surface area contributed by atoms with E-state index in [1.54, 1.807) is 25.1 Å². The Balaban J connectivity index is 2.20. The second kappa shape index (κ2) is 6.40. The first-order valence-electron chi connectivity index (χ1n) is 6.38. The van der Waals surface area contributed by atoms with Gasteiger partial charge in [0.15, 0.2) is 0 Å². The van der Waals surface area contributed by atoms with Crippen molar-refractivity contribution in [3.05, 3.63) is 60.9 Å². The van der Waals surface area contributed by atoms with E-state index in [0.717, 1.165) is 0 Å². The maximum Gasteiger partial charge on any atom is 0.263 e. The Kier molecular flexibility index (Phi) is 4.57. The average molecular weight is 317 g/mol. The van der Waals surface area contributed by atoms with E-state index in [1.807, 2.05) is 0 Å². The molecule has 0 aliphatic heterocycles. The first-order chi connectivity index (χ1) is 10.4. The van der Waals surface area contributed by atoms with Crippen molar-refractivity contribution >= 4 is 27.3 Å². The predicted molar refractivity (Wildman–Crippen MR) is 84.9 cm³/mol. The Morgan fingerprint density at radius 1 is 1.18 bits per heavy atom. The second-order valence-corrected chi connectivity index (χ2v) is 6.29. The van der Waals surface area contributed by atoms with E-state index >= 15 is 0 Å². The van der Waals surface area contributed by atoms with Gasteiger partial charge in [-0.05, 0) is 37.3 Å². The van der Waals surface area contributed by atoms with E-state index in [2.05, 4.69) is 21.6 Å². The van der Waals surface area contributed by atoms with Crippen molar-refractivity contribution in [3.63, 3.8) is 0 Å². The lowest BCUT2D eigenvalue weighted by molar-refractivity contribution is -0.112. The van der Waals surface area contributed by atoms with Gasteiger partial charge >= 0.3 is 0 Å². The van der Waals surface area contributed by atoms with Gasteiger partial charge in [0, 0.05) is 23.7 Å². The molecule has 1 heterocycles. The summed E-state index contributed by atoms with van der Waals surface area (Å²) in [6, 6.07) is 9.39. The fourth-order valence-corrected chi connectivity index (χ4v) is 2.63. The van der Waals surface area contributed by atoms with E-state index in [0.29, 0.717) is 16.9 Å². The van der Waals surface area contributed by atoms with Crippen molar-refractivity contribution in [2.24, 2.45) is 0 Å². The van der Waals surface area contributed by atoms with Crippen molar-refractivity contribution in [3.8, 4) is 0 Å². The van der Waals surface area contributed by atoms with Crippen molar-refractivity contribution in [1.82, 2.24) is 4.98 Å². The summed E-state index contributed by atoms with van der Waals surface area (Å²) in [6.45, 7) is 5.13. The molecule has 0 atom stereocenters. The summed E-state index contributed by atoms with van der Waals surface area (Å²) in [5.74, 6) is -0.327. The van der Waals surface area contributed by atoms with Gasteiger partial charge in [0.05, 0.1) is 5.69 Å². The largest absolute Gasteiger partial charge is 0.322 e. The number of carbonyl (C=O) groups is 1. The standard InChI is InChI=1S/C15H15N3O3S/c1-11(2)15(19)17-12-5-3-6-13(9-12)18-22(20,21)14-7-4-8-16-10-14/h3-10,18H,1H2,2H3,(H,17,19). The normalized spacial score (nSPS) is 10.8. The molecule has 0 aliphatic carbocycles. The molecular formula is C15H15N3O3S. The number of nitrogens with zero attached hydrogens (tertiary/aromatic N) is 1. The molecule has 22 heavy (non-hydrogen) atoms. The number of hydrogen-bond acceptors (Lipinski definition) is 4. The summed E-state index contributed by atoms with van der Waals surface area (Å²) in [5, 5.41) is 2.62. The minimum atomic E-state index is -3.72. The lowest BCUT2D eigenvalue weighted by atomic mass is 10.2. The molecule has 2 aromatic rings.